The van der Waals surface area contributed by atoms with Crippen LogP contribution in [0.15, 0.2) is 83.9 Å². The summed E-state index contributed by atoms with van der Waals surface area (Å²) in [6.07, 6.45) is -0.663. The molecule has 1 amide bonds. The van der Waals surface area contributed by atoms with Gasteiger partial charge in [0.05, 0.1) is 35.6 Å². The van der Waals surface area contributed by atoms with Crippen molar-refractivity contribution in [2.75, 3.05) is 32.1 Å². The fraction of sp³-hybridized carbons (Fsp3) is 0.179. The Kier molecular flexibility index (Phi) is 7.46. The van der Waals surface area contributed by atoms with Crippen LogP contribution < -0.4 is 10.2 Å². The fourth-order valence-electron chi connectivity index (χ4n) is 3.99. The molecule has 2 N–H and O–H groups in total. The predicted molar refractivity (Wildman–Crippen MR) is 142 cm³/mol. The highest BCUT2D eigenvalue weighted by molar-refractivity contribution is 6.23. The van der Waals surface area contributed by atoms with Gasteiger partial charge < -0.3 is 20.1 Å². The number of nitrogens with zero attached hydrogens (tertiary/aromatic N) is 3. The van der Waals surface area contributed by atoms with Crippen molar-refractivity contribution in [3.8, 4) is 5.88 Å². The van der Waals surface area contributed by atoms with Crippen molar-refractivity contribution in [3.05, 3.63) is 90.0 Å². The van der Waals surface area contributed by atoms with Crippen LogP contribution >= 0.6 is 0 Å². The minimum absolute atomic E-state index is 0.0598. The molecule has 4 rings (SSSR count). The molecule has 184 valence electrons. The number of aliphatic imine (C=N–C) groups is 1. The maximum absolute atomic E-state index is 12.7. The molecule has 0 radical (unpaired) electrons. The van der Waals surface area contributed by atoms with Crippen LogP contribution in [0.3, 0.4) is 0 Å². The first-order valence-corrected chi connectivity index (χ1v) is 11.6. The van der Waals surface area contributed by atoms with Gasteiger partial charge in [0.2, 0.25) is 11.8 Å². The van der Waals surface area contributed by atoms with E-state index in [1.807, 2.05) is 66.7 Å². The molecule has 8 heteroatoms. The van der Waals surface area contributed by atoms with Gasteiger partial charge in [-0.05, 0) is 44.3 Å². The van der Waals surface area contributed by atoms with Crippen molar-refractivity contribution in [2.24, 2.45) is 4.99 Å². The van der Waals surface area contributed by atoms with E-state index in [1.54, 1.807) is 38.1 Å². The minimum Gasteiger partial charge on any atom is -0.494 e. The Morgan fingerprint density at radius 2 is 1.67 bits per heavy atom. The van der Waals surface area contributed by atoms with Crippen LogP contribution in [0.2, 0.25) is 0 Å². The van der Waals surface area contributed by atoms with Gasteiger partial charge in [-0.2, -0.15) is 0 Å². The van der Waals surface area contributed by atoms with Gasteiger partial charge in [-0.1, -0.05) is 48.5 Å². The molecule has 0 saturated carbocycles. The van der Waals surface area contributed by atoms with Crippen LogP contribution in [0, 0.1) is 0 Å². The van der Waals surface area contributed by atoms with Gasteiger partial charge in [0.15, 0.2) is 0 Å². The van der Waals surface area contributed by atoms with Crippen molar-refractivity contribution in [3.63, 3.8) is 0 Å². The van der Waals surface area contributed by atoms with Crippen LogP contribution in [-0.4, -0.2) is 54.6 Å². The van der Waals surface area contributed by atoms with E-state index in [1.165, 1.54) is 0 Å². The lowest BCUT2D eigenvalue weighted by Gasteiger charge is -2.17. The lowest BCUT2D eigenvalue weighted by Crippen LogP contribution is -2.33. The molecule has 0 aliphatic carbocycles. The highest BCUT2D eigenvalue weighted by Crippen LogP contribution is 2.35. The zero-order valence-corrected chi connectivity index (χ0v) is 20.4. The third-order valence-corrected chi connectivity index (χ3v) is 5.76. The van der Waals surface area contributed by atoms with E-state index >= 15 is 0 Å². The summed E-state index contributed by atoms with van der Waals surface area (Å²) < 4.78 is 6.36. The number of aromatic nitrogens is 1. The number of fused-ring (bicyclic) bond motifs is 1. The number of para-hydroxylation sites is 1. The zero-order valence-electron chi connectivity index (χ0n) is 20.4. The third kappa shape index (κ3) is 4.85. The number of aromatic hydroxyl groups is 1. The second-order valence-corrected chi connectivity index (χ2v) is 8.08. The molecule has 0 aliphatic rings. The van der Waals surface area contributed by atoms with Gasteiger partial charge in [0, 0.05) is 23.7 Å². The largest absolute Gasteiger partial charge is 0.494 e. The molecule has 1 heterocycles. The number of nitrogens with one attached hydrogen (secondary N) is 1. The number of hydrogen-bond donors (Lipinski definition) is 2. The van der Waals surface area contributed by atoms with Gasteiger partial charge in [0.25, 0.3) is 0 Å². The van der Waals surface area contributed by atoms with Gasteiger partial charge in [0.1, 0.15) is 0 Å². The van der Waals surface area contributed by atoms with E-state index in [2.05, 4.69) is 5.32 Å². The standard InChI is InChI=1S/C28H28N4O4/c1-4-36-28(35)32-23-13-9-8-12-22(23)25(27(32)34)26(19-10-6-5-7-11-19)30-20-14-16-21(17-15-20)31(3)24(33)18-29-2/h5-17,29,34H,4,18H2,1-3H3. The second-order valence-electron chi connectivity index (χ2n) is 8.08. The molecular formula is C28H28N4O4. The molecular weight excluding hydrogens is 456 g/mol. The van der Waals surface area contributed by atoms with Gasteiger partial charge >= 0.3 is 6.09 Å². The second kappa shape index (κ2) is 10.9. The van der Waals surface area contributed by atoms with E-state index in [0.29, 0.717) is 27.9 Å². The third-order valence-electron chi connectivity index (χ3n) is 5.76. The Morgan fingerprint density at radius 1 is 1.00 bits per heavy atom. The summed E-state index contributed by atoms with van der Waals surface area (Å²) >= 11 is 0. The zero-order chi connectivity index (χ0) is 25.7. The quantitative estimate of drug-likeness (QED) is 0.371. The van der Waals surface area contributed by atoms with Crippen LogP contribution in [0.25, 0.3) is 10.9 Å². The summed E-state index contributed by atoms with van der Waals surface area (Å²) in [5.41, 5.74) is 3.57. The average molecular weight is 485 g/mol. The van der Waals surface area contributed by atoms with Crippen molar-refractivity contribution in [1.29, 1.82) is 0 Å². The molecule has 3 aromatic carbocycles. The topological polar surface area (TPSA) is 96.2 Å². The Morgan fingerprint density at radius 3 is 2.33 bits per heavy atom. The first-order valence-electron chi connectivity index (χ1n) is 11.6. The van der Waals surface area contributed by atoms with Crippen LogP contribution in [0.5, 0.6) is 5.88 Å². The predicted octanol–water partition coefficient (Wildman–Crippen LogP) is 4.70. The Bertz CT molecular complexity index is 1410. The van der Waals surface area contributed by atoms with E-state index in [4.69, 9.17) is 9.73 Å². The van der Waals surface area contributed by atoms with Gasteiger partial charge in [-0.3, -0.25) is 4.79 Å². The first kappa shape index (κ1) is 24.7. The molecule has 0 atom stereocenters. The molecule has 8 nitrogen and oxygen atoms in total. The summed E-state index contributed by atoms with van der Waals surface area (Å²) in [6.45, 7) is 2.13. The summed E-state index contributed by atoms with van der Waals surface area (Å²) in [7, 11) is 3.44. The van der Waals surface area contributed by atoms with E-state index in [-0.39, 0.29) is 24.9 Å². The van der Waals surface area contributed by atoms with Gasteiger partial charge in [-0.25, -0.2) is 14.4 Å². The molecule has 36 heavy (non-hydrogen) atoms. The smallest absolute Gasteiger partial charge is 0.421 e. The molecule has 1 aromatic heterocycles. The van der Waals surface area contributed by atoms with Crippen molar-refractivity contribution in [1.82, 2.24) is 9.88 Å². The molecule has 4 aromatic rings. The average Bonchev–Trinajstić information content (AvgIpc) is 3.19. The Hall–Kier alpha value is -4.43. The lowest BCUT2D eigenvalue weighted by atomic mass is 10.0. The molecule has 0 bridgehead atoms. The summed E-state index contributed by atoms with van der Waals surface area (Å²) in [4.78, 5) is 31.4. The summed E-state index contributed by atoms with van der Waals surface area (Å²) in [6, 6.07) is 23.9. The van der Waals surface area contributed by atoms with E-state index < -0.39 is 6.09 Å². The Balaban J connectivity index is 1.87. The molecule has 0 saturated heterocycles. The van der Waals surface area contributed by atoms with Crippen LogP contribution in [-0.2, 0) is 9.53 Å². The van der Waals surface area contributed by atoms with Crippen LogP contribution in [0.1, 0.15) is 18.1 Å². The summed E-state index contributed by atoms with van der Waals surface area (Å²) in [5, 5.41) is 14.8. The normalized spacial score (nSPS) is 11.5. The lowest BCUT2D eigenvalue weighted by molar-refractivity contribution is -0.117. The van der Waals surface area contributed by atoms with Crippen molar-refractivity contribution < 1.29 is 19.4 Å². The fourth-order valence-corrected chi connectivity index (χ4v) is 3.99. The molecule has 0 aliphatic heterocycles. The first-order chi connectivity index (χ1) is 17.5. The number of carbonyl (C=O) groups excluding carboxylic acids is 2. The molecule has 0 spiro atoms. The van der Waals surface area contributed by atoms with Crippen molar-refractivity contribution >= 4 is 40.0 Å². The highest BCUT2D eigenvalue weighted by atomic mass is 16.5. The number of anilines is 1. The maximum atomic E-state index is 12.7. The van der Waals surface area contributed by atoms with Gasteiger partial charge in [-0.15, -0.1) is 0 Å². The number of amides is 1. The number of ether oxygens (including phenoxy) is 1. The number of rotatable bonds is 7. The number of carbonyl (C=O) groups is 2. The summed E-state index contributed by atoms with van der Waals surface area (Å²) in [5.74, 6) is -0.304. The van der Waals surface area contributed by atoms with Crippen molar-refractivity contribution in [2.45, 2.75) is 6.92 Å². The minimum atomic E-state index is -0.663. The van der Waals surface area contributed by atoms with E-state index in [0.717, 1.165) is 15.8 Å². The monoisotopic (exact) mass is 484 g/mol. The van der Waals surface area contributed by atoms with E-state index in [9.17, 15) is 14.7 Å². The molecule has 0 unspecified atom stereocenters. The number of likely N-dealkylation sites (N-methyl/N-ethyl adjacent to an activating group) is 2. The van der Waals surface area contributed by atoms with Crippen LogP contribution in [0.4, 0.5) is 16.2 Å². The number of hydrogen-bond acceptors (Lipinski definition) is 6. The SMILES string of the molecule is CCOC(=O)n1c(O)c(C(=Nc2ccc(N(C)C(=O)CNC)cc2)c2ccccc2)c2ccccc21. The Labute approximate surface area is 209 Å². The highest BCUT2D eigenvalue weighted by Gasteiger charge is 2.25. The number of benzene rings is 3. The maximum Gasteiger partial charge on any atom is 0.421 e. The molecule has 0 fully saturated rings.